The van der Waals surface area contributed by atoms with Crippen LogP contribution in [0.1, 0.15) is 10.8 Å². The van der Waals surface area contributed by atoms with E-state index in [9.17, 15) is 8.78 Å². The lowest BCUT2D eigenvalue weighted by Gasteiger charge is -2.15. The highest BCUT2D eigenvalue weighted by Gasteiger charge is 2.15. The quantitative estimate of drug-likeness (QED) is 0.852. The molecule has 2 aromatic carbocycles. The minimum Gasteiger partial charge on any atom is -0.329 e. The predicted molar refractivity (Wildman–Crippen MR) is 70.5 cm³/mol. The molecule has 0 heterocycles. The molecule has 0 aliphatic rings. The van der Waals surface area contributed by atoms with Crippen LogP contribution in [-0.2, 0) is 0 Å². The van der Waals surface area contributed by atoms with Gasteiger partial charge in [-0.05, 0) is 24.3 Å². The van der Waals surface area contributed by atoms with Crippen molar-refractivity contribution in [1.82, 2.24) is 0 Å². The second-order valence-corrected chi connectivity index (χ2v) is 5.10. The van der Waals surface area contributed by atoms with E-state index in [-0.39, 0.29) is 16.9 Å². The summed E-state index contributed by atoms with van der Waals surface area (Å²) in [5, 5.41) is -0.215. The fourth-order valence-electron chi connectivity index (χ4n) is 1.68. The van der Waals surface area contributed by atoms with Crippen LogP contribution in [0.25, 0.3) is 0 Å². The molecule has 0 aliphatic carbocycles. The molecule has 0 bridgehead atoms. The zero-order valence-corrected chi connectivity index (χ0v) is 10.5. The minimum absolute atomic E-state index is 0.215. The lowest BCUT2D eigenvalue weighted by Crippen LogP contribution is -2.10. The summed E-state index contributed by atoms with van der Waals surface area (Å²) in [5.74, 6) is -0.582. The third-order valence-corrected chi connectivity index (χ3v) is 3.80. The molecule has 0 spiro atoms. The highest BCUT2D eigenvalue weighted by Crippen LogP contribution is 2.35. The average molecular weight is 265 g/mol. The molecule has 0 aromatic heterocycles. The molecule has 0 radical (unpaired) electrons. The molecule has 0 saturated carbocycles. The van der Waals surface area contributed by atoms with Crippen molar-refractivity contribution in [2.24, 2.45) is 5.73 Å². The van der Waals surface area contributed by atoms with E-state index in [1.807, 2.05) is 0 Å². The van der Waals surface area contributed by atoms with Gasteiger partial charge < -0.3 is 5.73 Å². The Morgan fingerprint density at radius 3 is 2.50 bits per heavy atom. The van der Waals surface area contributed by atoms with E-state index in [1.54, 1.807) is 30.3 Å². The van der Waals surface area contributed by atoms with Gasteiger partial charge in [-0.25, -0.2) is 8.78 Å². The first-order valence-electron chi connectivity index (χ1n) is 5.57. The van der Waals surface area contributed by atoms with Gasteiger partial charge in [0.05, 0.1) is 0 Å². The molecule has 0 aliphatic heterocycles. The summed E-state index contributed by atoms with van der Waals surface area (Å²) in [4.78, 5) is 0.744. The van der Waals surface area contributed by atoms with Gasteiger partial charge in [-0.15, -0.1) is 11.8 Å². The van der Waals surface area contributed by atoms with Crippen LogP contribution in [0.15, 0.2) is 53.4 Å². The van der Waals surface area contributed by atoms with Gasteiger partial charge in [0.15, 0.2) is 0 Å². The van der Waals surface area contributed by atoms with Gasteiger partial charge in [0.1, 0.15) is 11.6 Å². The Morgan fingerprint density at radius 2 is 1.83 bits per heavy atom. The number of nitrogens with two attached hydrogens (primary N) is 1. The largest absolute Gasteiger partial charge is 0.329 e. The molecule has 0 saturated heterocycles. The number of thioether (sulfide) groups is 1. The van der Waals surface area contributed by atoms with Gasteiger partial charge in [-0.2, -0.15) is 0 Å². The summed E-state index contributed by atoms with van der Waals surface area (Å²) in [5.41, 5.74) is 6.23. The summed E-state index contributed by atoms with van der Waals surface area (Å²) in [7, 11) is 0. The molecule has 1 nitrogen and oxygen atoms in total. The van der Waals surface area contributed by atoms with Crippen molar-refractivity contribution >= 4 is 11.8 Å². The van der Waals surface area contributed by atoms with Crippen molar-refractivity contribution in [3.05, 3.63) is 65.7 Å². The summed E-state index contributed by atoms with van der Waals surface area (Å²) in [6.45, 7) is 0.294. The summed E-state index contributed by atoms with van der Waals surface area (Å²) in [6.07, 6.45) is 0. The van der Waals surface area contributed by atoms with Crippen LogP contribution in [0.2, 0.25) is 0 Å². The van der Waals surface area contributed by atoms with E-state index in [2.05, 4.69) is 0 Å². The van der Waals surface area contributed by atoms with Crippen LogP contribution in [0.3, 0.4) is 0 Å². The van der Waals surface area contributed by atoms with Gasteiger partial charge in [0, 0.05) is 22.3 Å². The van der Waals surface area contributed by atoms with Crippen molar-refractivity contribution in [3.63, 3.8) is 0 Å². The molecule has 2 N–H and O–H groups in total. The second kappa shape index (κ2) is 5.98. The topological polar surface area (TPSA) is 26.0 Å². The van der Waals surface area contributed by atoms with E-state index in [0.29, 0.717) is 12.1 Å². The standard InChI is InChI=1S/C14H13F2NS/c15-10-4-3-5-11(8-10)18-14(9-17)12-6-1-2-7-13(12)16/h1-8,14H,9,17H2. The van der Waals surface area contributed by atoms with Crippen LogP contribution >= 0.6 is 11.8 Å². The highest BCUT2D eigenvalue weighted by molar-refractivity contribution is 7.99. The maximum Gasteiger partial charge on any atom is 0.127 e. The van der Waals surface area contributed by atoms with Crippen LogP contribution in [-0.4, -0.2) is 6.54 Å². The zero-order valence-electron chi connectivity index (χ0n) is 9.64. The third-order valence-electron chi connectivity index (χ3n) is 2.54. The number of rotatable bonds is 4. The number of hydrogen-bond donors (Lipinski definition) is 1. The zero-order chi connectivity index (χ0) is 13.0. The summed E-state index contributed by atoms with van der Waals surface area (Å²) >= 11 is 1.37. The van der Waals surface area contributed by atoms with Crippen LogP contribution < -0.4 is 5.73 Å². The molecule has 2 aromatic rings. The fraction of sp³-hybridized carbons (Fsp3) is 0.143. The van der Waals surface area contributed by atoms with Gasteiger partial charge in [-0.1, -0.05) is 24.3 Å². The molecule has 4 heteroatoms. The Labute approximate surface area is 109 Å². The number of benzene rings is 2. The second-order valence-electron chi connectivity index (χ2n) is 3.82. The first-order valence-corrected chi connectivity index (χ1v) is 6.45. The van der Waals surface area contributed by atoms with Crippen LogP contribution in [0, 0.1) is 11.6 Å². The van der Waals surface area contributed by atoms with Crippen molar-refractivity contribution in [2.45, 2.75) is 10.1 Å². The molecule has 0 amide bonds. The summed E-state index contributed by atoms with van der Waals surface area (Å²) < 4.78 is 26.8. The highest BCUT2D eigenvalue weighted by atomic mass is 32.2. The van der Waals surface area contributed by atoms with Gasteiger partial charge in [0.25, 0.3) is 0 Å². The molecular formula is C14H13F2NS. The molecule has 2 rings (SSSR count). The molecule has 1 unspecified atom stereocenters. The lowest BCUT2D eigenvalue weighted by atomic mass is 10.1. The Hall–Kier alpha value is -1.39. The average Bonchev–Trinajstić information content (AvgIpc) is 2.37. The molecular weight excluding hydrogens is 252 g/mol. The maximum atomic E-state index is 13.7. The van der Waals surface area contributed by atoms with Crippen molar-refractivity contribution in [2.75, 3.05) is 6.54 Å². The van der Waals surface area contributed by atoms with Crippen molar-refractivity contribution in [3.8, 4) is 0 Å². The van der Waals surface area contributed by atoms with E-state index < -0.39 is 0 Å². The molecule has 94 valence electrons. The van der Waals surface area contributed by atoms with Crippen molar-refractivity contribution < 1.29 is 8.78 Å². The molecule has 1 atom stereocenters. The van der Waals surface area contributed by atoms with Gasteiger partial charge >= 0.3 is 0 Å². The van der Waals surface area contributed by atoms with E-state index in [4.69, 9.17) is 5.73 Å². The fourth-order valence-corrected chi connectivity index (χ4v) is 2.76. The SMILES string of the molecule is NCC(Sc1cccc(F)c1)c1ccccc1F. The van der Waals surface area contributed by atoms with E-state index in [0.717, 1.165) is 4.90 Å². The smallest absolute Gasteiger partial charge is 0.127 e. The van der Waals surface area contributed by atoms with E-state index >= 15 is 0 Å². The third kappa shape index (κ3) is 3.09. The Morgan fingerprint density at radius 1 is 1.06 bits per heavy atom. The first kappa shape index (κ1) is 13.1. The first-order chi connectivity index (χ1) is 8.70. The van der Waals surface area contributed by atoms with Gasteiger partial charge in [0.2, 0.25) is 0 Å². The normalized spacial score (nSPS) is 12.4. The number of hydrogen-bond acceptors (Lipinski definition) is 2. The van der Waals surface area contributed by atoms with Crippen LogP contribution in [0.5, 0.6) is 0 Å². The molecule has 0 fully saturated rings. The monoisotopic (exact) mass is 265 g/mol. The van der Waals surface area contributed by atoms with Crippen LogP contribution in [0.4, 0.5) is 8.78 Å². The lowest BCUT2D eigenvalue weighted by molar-refractivity contribution is 0.608. The maximum absolute atomic E-state index is 13.7. The van der Waals surface area contributed by atoms with E-state index in [1.165, 1.54) is 30.0 Å². The van der Waals surface area contributed by atoms with Gasteiger partial charge in [-0.3, -0.25) is 0 Å². The Bertz CT molecular complexity index is 531. The Kier molecular flexibility index (Phi) is 4.33. The summed E-state index contributed by atoms with van der Waals surface area (Å²) in [6, 6.07) is 12.7. The number of halogens is 2. The van der Waals surface area contributed by atoms with Crippen molar-refractivity contribution in [1.29, 1.82) is 0 Å². The Balaban J connectivity index is 2.23. The minimum atomic E-state index is -0.302. The predicted octanol–water partition coefficient (Wildman–Crippen LogP) is 3.76. The molecule has 18 heavy (non-hydrogen) atoms.